The van der Waals surface area contributed by atoms with Crippen LogP contribution in [0, 0.1) is 0 Å². The van der Waals surface area contributed by atoms with Crippen molar-refractivity contribution >= 4 is 5.82 Å². The van der Waals surface area contributed by atoms with Gasteiger partial charge in [-0.25, -0.2) is 4.98 Å². The Balaban J connectivity index is 2.83. The fourth-order valence-electron chi connectivity index (χ4n) is 0.995. The fourth-order valence-corrected chi connectivity index (χ4v) is 0.995. The maximum atomic E-state index is 4.21. The van der Waals surface area contributed by atoms with E-state index in [1.54, 1.807) is 12.4 Å². The molecule has 0 amide bonds. The molecule has 1 rings (SSSR count). The van der Waals surface area contributed by atoms with Crippen LogP contribution in [-0.4, -0.2) is 17.0 Å². The quantitative estimate of drug-likeness (QED) is 0.710. The molecule has 1 heterocycles. The Morgan fingerprint density at radius 3 is 2.73 bits per heavy atom. The van der Waals surface area contributed by atoms with E-state index in [0.29, 0.717) is 0 Å². The molecule has 1 aromatic heterocycles. The minimum Gasteiger partial charge on any atom is -0.372 e. The van der Waals surface area contributed by atoms with Gasteiger partial charge >= 0.3 is 0 Å². The van der Waals surface area contributed by atoms with Gasteiger partial charge in [0.25, 0.3) is 0 Å². The molecule has 3 heteroatoms. The first kappa shape index (κ1) is 7.98. The molecule has 0 bridgehead atoms. The predicted octanol–water partition coefficient (Wildman–Crippen LogP) is 1.47. The summed E-state index contributed by atoms with van der Waals surface area (Å²) in [4.78, 5) is 8.36. The summed E-state index contributed by atoms with van der Waals surface area (Å²) in [5.74, 6) is 0.898. The van der Waals surface area contributed by atoms with Gasteiger partial charge in [0.1, 0.15) is 5.82 Å². The first-order valence-electron chi connectivity index (χ1n) is 3.86. The summed E-state index contributed by atoms with van der Waals surface area (Å²) in [5.41, 5.74) is 1.05. The second-order valence-electron chi connectivity index (χ2n) is 2.35. The lowest BCUT2D eigenvalue weighted by Gasteiger charge is -2.03. The van der Waals surface area contributed by atoms with Crippen LogP contribution in [-0.2, 0) is 6.42 Å². The van der Waals surface area contributed by atoms with Gasteiger partial charge in [-0.2, -0.15) is 0 Å². The molecule has 0 aromatic carbocycles. The molecule has 0 unspecified atom stereocenters. The summed E-state index contributed by atoms with van der Waals surface area (Å²) in [7, 11) is 1.86. The third kappa shape index (κ3) is 1.90. The van der Waals surface area contributed by atoms with Crippen molar-refractivity contribution in [2.24, 2.45) is 0 Å². The van der Waals surface area contributed by atoms with E-state index in [1.807, 2.05) is 7.05 Å². The van der Waals surface area contributed by atoms with Gasteiger partial charge in [0.15, 0.2) is 0 Å². The van der Waals surface area contributed by atoms with E-state index in [1.165, 1.54) is 0 Å². The first-order chi connectivity index (χ1) is 5.38. The van der Waals surface area contributed by atoms with Crippen molar-refractivity contribution in [3.63, 3.8) is 0 Å². The minimum absolute atomic E-state index is 0.898. The molecule has 0 aliphatic heterocycles. The summed E-state index contributed by atoms with van der Waals surface area (Å²) in [6, 6.07) is 0. The van der Waals surface area contributed by atoms with E-state index < -0.39 is 0 Å². The molecule has 1 N–H and O–H groups in total. The van der Waals surface area contributed by atoms with Gasteiger partial charge in [-0.3, -0.25) is 4.98 Å². The van der Waals surface area contributed by atoms with Gasteiger partial charge in [-0.15, -0.1) is 0 Å². The molecular weight excluding hydrogens is 138 g/mol. The summed E-state index contributed by atoms with van der Waals surface area (Å²) < 4.78 is 0. The second kappa shape index (κ2) is 3.91. The number of rotatable bonds is 3. The normalized spacial score (nSPS) is 9.64. The molecule has 0 atom stereocenters. The summed E-state index contributed by atoms with van der Waals surface area (Å²) in [5, 5.41) is 3.01. The van der Waals surface area contributed by atoms with Crippen molar-refractivity contribution in [3.8, 4) is 0 Å². The monoisotopic (exact) mass is 151 g/mol. The highest BCUT2D eigenvalue weighted by Gasteiger charge is 1.99. The van der Waals surface area contributed by atoms with Crippen molar-refractivity contribution in [2.45, 2.75) is 19.8 Å². The van der Waals surface area contributed by atoms with Gasteiger partial charge in [0.2, 0.25) is 0 Å². The number of aryl methyl sites for hydroxylation is 1. The average Bonchev–Trinajstić information content (AvgIpc) is 2.06. The molecule has 0 radical (unpaired) electrons. The van der Waals surface area contributed by atoms with Crippen molar-refractivity contribution < 1.29 is 0 Å². The zero-order chi connectivity index (χ0) is 8.10. The van der Waals surface area contributed by atoms with Crippen LogP contribution in [0.3, 0.4) is 0 Å². The summed E-state index contributed by atoms with van der Waals surface area (Å²) in [6.45, 7) is 2.13. The molecule has 60 valence electrons. The molecule has 3 nitrogen and oxygen atoms in total. The van der Waals surface area contributed by atoms with E-state index in [9.17, 15) is 0 Å². The predicted molar refractivity (Wildman–Crippen MR) is 45.6 cm³/mol. The lowest BCUT2D eigenvalue weighted by Crippen LogP contribution is -2.00. The first-order valence-corrected chi connectivity index (χ1v) is 3.86. The number of hydrogen-bond donors (Lipinski definition) is 1. The SMILES string of the molecule is CCCc1nccnc1NC. The molecule has 0 saturated heterocycles. The highest BCUT2D eigenvalue weighted by atomic mass is 15.0. The molecule has 0 aliphatic carbocycles. The van der Waals surface area contributed by atoms with E-state index >= 15 is 0 Å². The summed E-state index contributed by atoms with van der Waals surface area (Å²) in [6.07, 6.45) is 5.52. The van der Waals surface area contributed by atoms with Crippen molar-refractivity contribution in [1.29, 1.82) is 0 Å². The van der Waals surface area contributed by atoms with Crippen molar-refractivity contribution in [2.75, 3.05) is 12.4 Å². The Kier molecular flexibility index (Phi) is 2.83. The van der Waals surface area contributed by atoms with Crippen LogP contribution in [0.2, 0.25) is 0 Å². The molecular formula is C8H13N3. The van der Waals surface area contributed by atoms with Crippen LogP contribution in [0.5, 0.6) is 0 Å². The van der Waals surface area contributed by atoms with E-state index in [4.69, 9.17) is 0 Å². The molecule has 11 heavy (non-hydrogen) atoms. The third-order valence-electron chi connectivity index (χ3n) is 1.50. The topological polar surface area (TPSA) is 37.8 Å². The van der Waals surface area contributed by atoms with Crippen LogP contribution in [0.1, 0.15) is 19.0 Å². The number of hydrogen-bond acceptors (Lipinski definition) is 3. The van der Waals surface area contributed by atoms with E-state index in [-0.39, 0.29) is 0 Å². The minimum atomic E-state index is 0.898. The maximum absolute atomic E-state index is 4.21. The fraction of sp³-hybridized carbons (Fsp3) is 0.500. The zero-order valence-corrected chi connectivity index (χ0v) is 6.96. The van der Waals surface area contributed by atoms with Crippen LogP contribution >= 0.6 is 0 Å². The lowest BCUT2D eigenvalue weighted by molar-refractivity contribution is 0.873. The van der Waals surface area contributed by atoms with Crippen LogP contribution in [0.15, 0.2) is 12.4 Å². The maximum Gasteiger partial charge on any atom is 0.147 e. The second-order valence-corrected chi connectivity index (χ2v) is 2.35. The van der Waals surface area contributed by atoms with Crippen LogP contribution < -0.4 is 5.32 Å². The Morgan fingerprint density at radius 2 is 2.09 bits per heavy atom. The van der Waals surface area contributed by atoms with Crippen LogP contribution in [0.25, 0.3) is 0 Å². The van der Waals surface area contributed by atoms with Crippen molar-refractivity contribution in [1.82, 2.24) is 9.97 Å². The molecule has 0 fully saturated rings. The molecule has 0 saturated carbocycles. The number of aromatic nitrogens is 2. The van der Waals surface area contributed by atoms with E-state index in [0.717, 1.165) is 24.4 Å². The average molecular weight is 151 g/mol. The van der Waals surface area contributed by atoms with Crippen LogP contribution in [0.4, 0.5) is 5.82 Å². The molecule has 1 aromatic rings. The number of nitrogens with zero attached hydrogens (tertiary/aromatic N) is 2. The van der Waals surface area contributed by atoms with Crippen molar-refractivity contribution in [3.05, 3.63) is 18.1 Å². The van der Waals surface area contributed by atoms with Gasteiger partial charge in [0, 0.05) is 19.4 Å². The number of nitrogens with one attached hydrogen (secondary N) is 1. The Labute approximate surface area is 66.9 Å². The summed E-state index contributed by atoms with van der Waals surface area (Å²) >= 11 is 0. The van der Waals surface area contributed by atoms with Gasteiger partial charge in [-0.1, -0.05) is 13.3 Å². The highest BCUT2D eigenvalue weighted by molar-refractivity contribution is 5.38. The highest BCUT2D eigenvalue weighted by Crippen LogP contribution is 2.08. The Hall–Kier alpha value is -1.12. The van der Waals surface area contributed by atoms with E-state index in [2.05, 4.69) is 22.2 Å². The smallest absolute Gasteiger partial charge is 0.147 e. The van der Waals surface area contributed by atoms with Gasteiger partial charge in [0.05, 0.1) is 5.69 Å². The standard InChI is InChI=1S/C8H13N3/c1-3-4-7-8(9-2)11-6-5-10-7/h5-6H,3-4H2,1-2H3,(H,9,11). The molecule has 0 aliphatic rings. The van der Waals surface area contributed by atoms with Gasteiger partial charge in [-0.05, 0) is 6.42 Å². The Bertz CT molecular complexity index is 222. The third-order valence-corrected chi connectivity index (χ3v) is 1.50. The molecule has 0 spiro atoms. The largest absolute Gasteiger partial charge is 0.372 e. The Morgan fingerprint density at radius 1 is 1.36 bits per heavy atom. The number of anilines is 1. The zero-order valence-electron chi connectivity index (χ0n) is 6.96. The van der Waals surface area contributed by atoms with Gasteiger partial charge < -0.3 is 5.32 Å². The lowest BCUT2D eigenvalue weighted by atomic mass is 10.2.